The third-order valence-corrected chi connectivity index (χ3v) is 7.76. The second kappa shape index (κ2) is 15.5. The van der Waals surface area contributed by atoms with Gasteiger partial charge in [0.2, 0.25) is 0 Å². The Morgan fingerprint density at radius 3 is 0.894 bits per heavy atom. The summed E-state index contributed by atoms with van der Waals surface area (Å²) in [5.74, 6) is 0. The molecule has 3 heterocycles. The van der Waals surface area contributed by atoms with Crippen molar-refractivity contribution >= 4 is 131 Å². The van der Waals surface area contributed by atoms with E-state index in [2.05, 4.69) is 148 Å². The van der Waals surface area contributed by atoms with Crippen LogP contribution in [0, 0.1) is 0 Å². The summed E-state index contributed by atoms with van der Waals surface area (Å²) in [7, 11) is 14.7. The van der Waals surface area contributed by atoms with Gasteiger partial charge in [-0.05, 0) is 59.7 Å². The summed E-state index contributed by atoms with van der Waals surface area (Å²) in [4.78, 5) is 10.4. The van der Waals surface area contributed by atoms with Crippen molar-refractivity contribution in [2.45, 2.75) is 4.30 Å². The standard InChI is InChI=1S/C24H16N2.C12H9N.CHCl3.3ClH.Fe/c1-3-7-21-17(5-1)19-13-15(9-11-23(19)25-21)16-10-12-24-20(14-16)18-6-2-4-8-22(18)26-24;1-3-7-11-9(5-1)10-6-2-4-8-12(10)13-11;2-1(3)4;;;;/h1-14,25-26H;1-8,13H;1H;3*1H;/q;;;;;;+3/p-3. The molecule has 0 atom stereocenters. The van der Waals surface area contributed by atoms with Gasteiger partial charge in [-0.25, -0.2) is 0 Å². The van der Waals surface area contributed by atoms with Gasteiger partial charge >= 0.3 is 41.5 Å². The number of aromatic amines is 3. The number of H-pyrrole nitrogens is 3. The molecule has 10 heteroatoms. The molecule has 3 aromatic heterocycles. The Labute approximate surface area is 303 Å². The number of para-hydroxylation sites is 4. The van der Waals surface area contributed by atoms with Gasteiger partial charge in [0.05, 0.1) is 0 Å². The van der Waals surface area contributed by atoms with Crippen LogP contribution in [0.3, 0.4) is 0 Å². The van der Waals surface area contributed by atoms with E-state index in [9.17, 15) is 0 Å². The van der Waals surface area contributed by atoms with E-state index in [1.807, 2.05) is 0 Å². The minimum atomic E-state index is -1.33. The van der Waals surface area contributed by atoms with Crippen LogP contribution in [0.1, 0.15) is 0 Å². The molecular formula is C37H26Cl6FeN3. The summed E-state index contributed by atoms with van der Waals surface area (Å²) in [5, 5.41) is 7.71. The zero-order valence-corrected chi connectivity index (χ0v) is 30.0. The van der Waals surface area contributed by atoms with Crippen LogP contribution in [-0.4, -0.2) is 19.2 Å². The van der Waals surface area contributed by atoms with Crippen molar-refractivity contribution in [3.05, 3.63) is 133 Å². The SMILES string of the molecule is ClC(Cl)Cl.[Cl][Fe]([Cl])[Cl].c1ccc2c(c1)[nH]c1ccc(-c3ccc4[nH]c5ccccc5c4c3)cc12.c1ccc2c(c1)[nH]c1ccccc12. The number of hydrogen-bond donors (Lipinski definition) is 3. The van der Waals surface area contributed by atoms with E-state index in [0.29, 0.717) is 0 Å². The number of fused-ring (bicyclic) bond motifs is 9. The fraction of sp³-hybridized carbons (Fsp3) is 0.0270. The number of benzene rings is 6. The van der Waals surface area contributed by atoms with E-state index < -0.39 is 15.5 Å². The van der Waals surface area contributed by atoms with Crippen LogP contribution in [0.25, 0.3) is 76.5 Å². The summed E-state index contributed by atoms with van der Waals surface area (Å²) in [6, 6.07) is 47.1. The zero-order valence-electron chi connectivity index (χ0n) is 24.4. The molecule has 3 N–H and O–H groups in total. The van der Waals surface area contributed by atoms with E-state index in [0.717, 1.165) is 0 Å². The Balaban J connectivity index is 0.000000153. The fourth-order valence-corrected chi connectivity index (χ4v) is 5.85. The van der Waals surface area contributed by atoms with E-state index in [1.54, 1.807) is 0 Å². The molecule has 6 aromatic carbocycles. The Bertz CT molecular complexity index is 2260. The summed E-state index contributed by atoms with van der Waals surface area (Å²) < 4.78 is -0.750. The van der Waals surface area contributed by atoms with Gasteiger partial charge < -0.3 is 15.0 Å². The molecule has 0 fully saturated rings. The average Bonchev–Trinajstić information content (AvgIpc) is 3.75. The van der Waals surface area contributed by atoms with Gasteiger partial charge in [0.1, 0.15) is 0 Å². The Morgan fingerprint density at radius 1 is 0.362 bits per heavy atom. The minimum Gasteiger partial charge on any atom is -0.355 e. The molecule has 0 aliphatic rings. The molecule has 0 spiro atoms. The van der Waals surface area contributed by atoms with E-state index in [-0.39, 0.29) is 0 Å². The van der Waals surface area contributed by atoms with Crippen LogP contribution >= 0.6 is 65.1 Å². The first kappa shape index (κ1) is 33.9. The maximum absolute atomic E-state index is 4.89. The van der Waals surface area contributed by atoms with Gasteiger partial charge in [0.25, 0.3) is 0 Å². The predicted molar refractivity (Wildman–Crippen MR) is 205 cm³/mol. The Kier molecular flexibility index (Phi) is 11.1. The quantitative estimate of drug-likeness (QED) is 0.110. The van der Waals surface area contributed by atoms with Crippen LogP contribution in [0.2, 0.25) is 0 Å². The van der Waals surface area contributed by atoms with Crippen LogP contribution in [0.4, 0.5) is 0 Å². The predicted octanol–water partition coefficient (Wildman–Crippen LogP) is 14.0. The van der Waals surface area contributed by atoms with E-state index in [1.165, 1.54) is 76.5 Å². The maximum Gasteiger partial charge on any atom is 0.0465 e. The second-order valence-corrected chi connectivity index (χ2v) is 17.9. The molecule has 9 rings (SSSR count). The third-order valence-electron chi connectivity index (χ3n) is 7.76. The van der Waals surface area contributed by atoms with Gasteiger partial charge in [0.15, 0.2) is 4.30 Å². The first-order chi connectivity index (χ1) is 22.8. The monoisotopic (exact) mass is 778 g/mol. The number of aromatic nitrogens is 3. The normalized spacial score (nSPS) is 11.3. The average molecular weight is 781 g/mol. The topological polar surface area (TPSA) is 47.4 Å². The van der Waals surface area contributed by atoms with Gasteiger partial charge in [-0.2, -0.15) is 0 Å². The summed E-state index contributed by atoms with van der Waals surface area (Å²) in [6.45, 7) is 0. The number of halogens is 6. The number of nitrogens with one attached hydrogen (secondary N) is 3. The van der Waals surface area contributed by atoms with E-state index in [4.69, 9.17) is 65.1 Å². The molecule has 3 nitrogen and oxygen atoms in total. The molecule has 0 aliphatic carbocycles. The molecule has 0 radical (unpaired) electrons. The van der Waals surface area contributed by atoms with Crippen molar-refractivity contribution < 1.29 is 11.2 Å². The Hall–Kier alpha value is -3.02. The second-order valence-electron chi connectivity index (χ2n) is 10.5. The summed E-state index contributed by atoms with van der Waals surface area (Å²) >= 11 is 13.1. The van der Waals surface area contributed by atoms with Crippen molar-refractivity contribution in [2.24, 2.45) is 0 Å². The van der Waals surface area contributed by atoms with E-state index >= 15 is 0 Å². The van der Waals surface area contributed by atoms with Crippen LogP contribution in [-0.2, 0) is 11.2 Å². The van der Waals surface area contributed by atoms with Crippen LogP contribution < -0.4 is 0 Å². The van der Waals surface area contributed by atoms with Crippen LogP contribution in [0.5, 0.6) is 0 Å². The van der Waals surface area contributed by atoms with Gasteiger partial charge in [-0.15, -0.1) is 0 Å². The van der Waals surface area contributed by atoms with Crippen molar-refractivity contribution in [3.8, 4) is 11.1 Å². The zero-order chi connectivity index (χ0) is 32.9. The first-order valence-electron chi connectivity index (χ1n) is 14.3. The smallest absolute Gasteiger partial charge is 0.0465 e. The fourth-order valence-electron chi connectivity index (χ4n) is 5.85. The summed E-state index contributed by atoms with van der Waals surface area (Å²) in [6.07, 6.45) is 0. The molecule has 47 heavy (non-hydrogen) atoms. The van der Waals surface area contributed by atoms with Gasteiger partial charge in [-0.1, -0.05) is 120 Å². The van der Waals surface area contributed by atoms with Crippen molar-refractivity contribution in [1.82, 2.24) is 15.0 Å². The number of alkyl halides is 3. The largest absolute Gasteiger partial charge is 0.355 e. The molecule has 0 bridgehead atoms. The molecule has 0 amide bonds. The molecule has 239 valence electrons. The summed E-state index contributed by atoms with van der Waals surface area (Å²) in [5.41, 5.74) is 9.65. The first-order valence-corrected chi connectivity index (χ1v) is 20.2. The third kappa shape index (κ3) is 8.00. The maximum atomic E-state index is 4.89. The number of rotatable bonds is 1. The minimum absolute atomic E-state index is 0.750. The molecule has 0 saturated carbocycles. The molecule has 0 aliphatic heterocycles. The van der Waals surface area contributed by atoms with Crippen molar-refractivity contribution in [1.29, 1.82) is 0 Å². The Morgan fingerprint density at radius 2 is 0.596 bits per heavy atom. The van der Waals surface area contributed by atoms with Gasteiger partial charge in [0, 0.05) is 65.4 Å². The molecule has 0 saturated heterocycles. The van der Waals surface area contributed by atoms with Crippen LogP contribution in [0.15, 0.2) is 133 Å². The molecular weight excluding hydrogens is 755 g/mol. The van der Waals surface area contributed by atoms with Gasteiger partial charge in [-0.3, -0.25) is 0 Å². The van der Waals surface area contributed by atoms with Crippen molar-refractivity contribution in [2.75, 3.05) is 0 Å². The number of hydrogen-bond acceptors (Lipinski definition) is 0. The van der Waals surface area contributed by atoms with Crippen molar-refractivity contribution in [3.63, 3.8) is 0 Å². The molecule has 9 aromatic rings. The molecule has 0 unspecified atom stereocenters.